The number of rotatable bonds is 8. The molecule has 0 aromatic carbocycles. The molecule has 0 radical (unpaired) electrons. The Morgan fingerprint density at radius 2 is 1.94 bits per heavy atom. The van der Waals surface area contributed by atoms with Gasteiger partial charge in [-0.2, -0.15) is 0 Å². The molecule has 0 N–H and O–H groups in total. The quantitative estimate of drug-likeness (QED) is 0.212. The highest BCUT2D eigenvalue weighted by Gasteiger charge is 2.02. The third kappa shape index (κ3) is 11.3. The van der Waals surface area contributed by atoms with Crippen LogP contribution < -0.4 is 0 Å². The molecule has 0 heterocycles. The van der Waals surface area contributed by atoms with Crippen LogP contribution in [0, 0.1) is 11.8 Å². The van der Waals surface area contributed by atoms with E-state index in [0.717, 1.165) is 19.3 Å². The molecule has 2 heteroatoms. The smallest absolute Gasteiger partial charge is 0.384 e. The van der Waals surface area contributed by atoms with Crippen molar-refractivity contribution < 1.29 is 9.53 Å². The van der Waals surface area contributed by atoms with Crippen LogP contribution >= 0.6 is 0 Å². The first-order valence-corrected chi connectivity index (χ1v) is 7.06. The number of ether oxygens (including phenoxy) is 1. The van der Waals surface area contributed by atoms with Gasteiger partial charge in [-0.15, -0.1) is 0 Å². The molecule has 0 unspecified atom stereocenters. The lowest BCUT2D eigenvalue weighted by Crippen LogP contribution is -2.10. The SMILES string of the molecule is CCCC/C=C/[C@H](C)OC(=O)C#CCCCCC. The summed E-state index contributed by atoms with van der Waals surface area (Å²) in [6.45, 7) is 6.17. The summed E-state index contributed by atoms with van der Waals surface area (Å²) in [5, 5.41) is 0. The number of hydrogen-bond donors (Lipinski definition) is 0. The molecule has 0 spiro atoms. The fourth-order valence-corrected chi connectivity index (χ4v) is 1.45. The standard InChI is InChI=1S/C16H26O2/c1-4-6-8-10-12-14-16(17)18-15(3)13-11-9-7-5-2/h11,13,15H,4-10H2,1-3H3/b13-11+/t15-/m0/s1. The Labute approximate surface area is 112 Å². The number of carbonyl (C=O) groups is 1. The topological polar surface area (TPSA) is 26.3 Å². The number of esters is 1. The van der Waals surface area contributed by atoms with Crippen molar-refractivity contribution in [2.45, 2.75) is 71.8 Å². The fraction of sp³-hybridized carbons (Fsp3) is 0.688. The zero-order valence-electron chi connectivity index (χ0n) is 12.0. The van der Waals surface area contributed by atoms with Gasteiger partial charge in [0.2, 0.25) is 0 Å². The molecule has 0 saturated carbocycles. The van der Waals surface area contributed by atoms with Gasteiger partial charge in [0.15, 0.2) is 0 Å². The molecule has 1 atom stereocenters. The van der Waals surface area contributed by atoms with Crippen molar-refractivity contribution >= 4 is 5.97 Å². The number of allylic oxidation sites excluding steroid dienone is 1. The molecule has 0 fully saturated rings. The van der Waals surface area contributed by atoms with Crippen molar-refractivity contribution in [1.82, 2.24) is 0 Å². The van der Waals surface area contributed by atoms with E-state index in [0.29, 0.717) is 0 Å². The van der Waals surface area contributed by atoms with E-state index < -0.39 is 5.97 Å². The van der Waals surface area contributed by atoms with Crippen LogP contribution in [-0.2, 0) is 9.53 Å². The Morgan fingerprint density at radius 1 is 1.22 bits per heavy atom. The third-order valence-corrected chi connectivity index (χ3v) is 2.52. The second kappa shape index (κ2) is 12.2. The minimum Gasteiger partial charge on any atom is -0.449 e. The zero-order valence-corrected chi connectivity index (χ0v) is 12.0. The summed E-state index contributed by atoms with van der Waals surface area (Å²) in [4.78, 5) is 11.3. The molecule has 0 bridgehead atoms. The van der Waals surface area contributed by atoms with Gasteiger partial charge in [-0.05, 0) is 25.8 Å². The summed E-state index contributed by atoms with van der Waals surface area (Å²) in [6, 6.07) is 0. The van der Waals surface area contributed by atoms with Crippen molar-refractivity contribution in [3.05, 3.63) is 12.2 Å². The maximum absolute atomic E-state index is 11.3. The molecule has 2 nitrogen and oxygen atoms in total. The lowest BCUT2D eigenvalue weighted by atomic mass is 10.2. The number of unbranched alkanes of at least 4 members (excludes halogenated alkanes) is 5. The summed E-state index contributed by atoms with van der Waals surface area (Å²) in [6.07, 6.45) is 11.4. The maximum atomic E-state index is 11.3. The molecule has 0 amide bonds. The highest BCUT2D eigenvalue weighted by atomic mass is 16.5. The molecule has 102 valence electrons. The summed E-state index contributed by atoms with van der Waals surface area (Å²) in [5.74, 6) is 4.96. The number of hydrogen-bond acceptors (Lipinski definition) is 2. The van der Waals surface area contributed by atoms with Gasteiger partial charge in [0.25, 0.3) is 0 Å². The average molecular weight is 250 g/mol. The van der Waals surface area contributed by atoms with Gasteiger partial charge < -0.3 is 4.74 Å². The van der Waals surface area contributed by atoms with Gasteiger partial charge in [-0.3, -0.25) is 0 Å². The van der Waals surface area contributed by atoms with E-state index in [-0.39, 0.29) is 6.10 Å². The monoisotopic (exact) mass is 250 g/mol. The summed E-state index contributed by atoms with van der Waals surface area (Å²) < 4.78 is 5.14. The van der Waals surface area contributed by atoms with Gasteiger partial charge in [0, 0.05) is 12.3 Å². The minimum absolute atomic E-state index is 0.181. The van der Waals surface area contributed by atoms with Crippen molar-refractivity contribution in [2.24, 2.45) is 0 Å². The average Bonchev–Trinajstić information content (AvgIpc) is 2.34. The normalized spacial score (nSPS) is 11.9. The van der Waals surface area contributed by atoms with Gasteiger partial charge in [-0.25, -0.2) is 4.79 Å². The van der Waals surface area contributed by atoms with Crippen LogP contribution in [-0.4, -0.2) is 12.1 Å². The van der Waals surface area contributed by atoms with Crippen molar-refractivity contribution in [3.63, 3.8) is 0 Å². The van der Waals surface area contributed by atoms with E-state index in [1.807, 2.05) is 13.0 Å². The van der Waals surface area contributed by atoms with E-state index in [9.17, 15) is 4.79 Å². The molecule has 0 saturated heterocycles. The fourth-order valence-electron chi connectivity index (χ4n) is 1.45. The Kier molecular flexibility index (Phi) is 11.4. The summed E-state index contributed by atoms with van der Waals surface area (Å²) in [7, 11) is 0. The van der Waals surface area contributed by atoms with Crippen LogP contribution in [0.3, 0.4) is 0 Å². The van der Waals surface area contributed by atoms with Crippen LogP contribution in [0.4, 0.5) is 0 Å². The molecule has 18 heavy (non-hydrogen) atoms. The predicted molar refractivity (Wildman–Crippen MR) is 76.1 cm³/mol. The van der Waals surface area contributed by atoms with E-state index >= 15 is 0 Å². The van der Waals surface area contributed by atoms with E-state index in [1.165, 1.54) is 25.7 Å². The molecule has 0 aliphatic rings. The van der Waals surface area contributed by atoms with Gasteiger partial charge >= 0.3 is 5.97 Å². The van der Waals surface area contributed by atoms with E-state index in [1.54, 1.807) is 0 Å². The number of carbonyl (C=O) groups excluding carboxylic acids is 1. The van der Waals surface area contributed by atoms with Crippen LogP contribution in [0.5, 0.6) is 0 Å². The second-order valence-electron chi connectivity index (χ2n) is 4.44. The van der Waals surface area contributed by atoms with Crippen molar-refractivity contribution in [1.29, 1.82) is 0 Å². The molecule has 0 aromatic rings. The first-order valence-electron chi connectivity index (χ1n) is 7.06. The van der Waals surface area contributed by atoms with Crippen molar-refractivity contribution in [3.8, 4) is 11.8 Å². The molecule has 0 rings (SSSR count). The Morgan fingerprint density at radius 3 is 2.61 bits per heavy atom. The predicted octanol–water partition coefficient (Wildman–Crippen LogP) is 4.25. The van der Waals surface area contributed by atoms with Crippen LogP contribution in [0.15, 0.2) is 12.2 Å². The van der Waals surface area contributed by atoms with E-state index in [4.69, 9.17) is 4.74 Å². The first-order chi connectivity index (χ1) is 8.70. The first kappa shape index (κ1) is 16.8. The maximum Gasteiger partial charge on any atom is 0.384 e. The lowest BCUT2D eigenvalue weighted by Gasteiger charge is -2.04. The highest BCUT2D eigenvalue weighted by molar-refractivity contribution is 5.88. The van der Waals surface area contributed by atoms with Crippen LogP contribution in [0.2, 0.25) is 0 Å². The third-order valence-electron chi connectivity index (χ3n) is 2.52. The summed E-state index contributed by atoms with van der Waals surface area (Å²) >= 11 is 0. The minimum atomic E-state index is -0.417. The van der Waals surface area contributed by atoms with Gasteiger partial charge in [-0.1, -0.05) is 51.5 Å². The molecule has 0 aliphatic heterocycles. The summed E-state index contributed by atoms with van der Waals surface area (Å²) in [5.41, 5.74) is 0. The molecular weight excluding hydrogens is 224 g/mol. The Balaban J connectivity index is 3.75. The molecule has 0 aromatic heterocycles. The molecule has 0 aliphatic carbocycles. The zero-order chi connectivity index (χ0) is 13.6. The molecular formula is C16H26O2. The Hall–Kier alpha value is -1.23. The van der Waals surface area contributed by atoms with Crippen LogP contribution in [0.25, 0.3) is 0 Å². The second-order valence-corrected chi connectivity index (χ2v) is 4.44. The van der Waals surface area contributed by atoms with Crippen LogP contribution in [0.1, 0.15) is 65.7 Å². The van der Waals surface area contributed by atoms with Gasteiger partial charge in [0.05, 0.1) is 0 Å². The van der Waals surface area contributed by atoms with Gasteiger partial charge in [0.1, 0.15) is 6.10 Å². The highest BCUT2D eigenvalue weighted by Crippen LogP contribution is 2.00. The largest absolute Gasteiger partial charge is 0.449 e. The Bertz CT molecular complexity index is 294. The van der Waals surface area contributed by atoms with Crippen molar-refractivity contribution in [2.75, 3.05) is 0 Å². The lowest BCUT2D eigenvalue weighted by molar-refractivity contribution is -0.139. The van der Waals surface area contributed by atoms with E-state index in [2.05, 4.69) is 31.8 Å².